The van der Waals surface area contributed by atoms with E-state index in [-0.39, 0.29) is 12.1 Å². The molecule has 25 heavy (non-hydrogen) atoms. The Morgan fingerprint density at radius 1 is 1.32 bits per heavy atom. The molecule has 1 amide bonds. The Kier molecular flexibility index (Phi) is 5.32. The highest BCUT2D eigenvalue weighted by Gasteiger charge is 2.41. The lowest BCUT2D eigenvalue weighted by atomic mass is 9.92. The number of hydrogen-bond donors (Lipinski definition) is 1. The van der Waals surface area contributed by atoms with Gasteiger partial charge in [0.05, 0.1) is 6.54 Å². The fourth-order valence-corrected chi connectivity index (χ4v) is 4.19. The van der Waals surface area contributed by atoms with Crippen molar-refractivity contribution < 1.29 is 9.53 Å². The number of nitrogens with one attached hydrogen (secondary N) is 1. The van der Waals surface area contributed by atoms with Gasteiger partial charge in [0.2, 0.25) is 0 Å². The molecule has 1 aliphatic heterocycles. The minimum Gasteiger partial charge on any atom is -0.444 e. The molecule has 1 aromatic rings. The Morgan fingerprint density at radius 2 is 2.12 bits per heavy atom. The second kappa shape index (κ2) is 7.32. The number of ether oxygens (including phenoxy) is 1. The van der Waals surface area contributed by atoms with Crippen LogP contribution in [0.25, 0.3) is 0 Å². The van der Waals surface area contributed by atoms with Gasteiger partial charge in [-0.25, -0.2) is 9.78 Å². The number of hydrogen-bond acceptors (Lipinski definition) is 5. The maximum absolute atomic E-state index is 12.6. The van der Waals surface area contributed by atoms with E-state index < -0.39 is 5.60 Å². The summed E-state index contributed by atoms with van der Waals surface area (Å²) in [7, 11) is 1.91. The van der Waals surface area contributed by atoms with Gasteiger partial charge in [0.25, 0.3) is 0 Å². The number of aryl methyl sites for hydroxylation is 1. The Hall–Kier alpha value is -1.63. The van der Waals surface area contributed by atoms with Crippen LogP contribution in [0.4, 0.5) is 4.79 Å². The molecule has 3 atom stereocenters. The number of rotatable bonds is 4. The van der Waals surface area contributed by atoms with Crippen molar-refractivity contribution in [1.29, 1.82) is 0 Å². The standard InChI is InChI=1S/C18H31N5O2/c1-18(2,3)25-17(24)23-10-6-9-15(23)13-7-5-8-14(13)19-11-16-20-12-21-22(16)4/h12-15,19H,5-11H2,1-4H3/t13-,14-,15-/m1/s1. The number of aromatic nitrogens is 3. The van der Waals surface area contributed by atoms with E-state index in [4.69, 9.17) is 4.74 Å². The summed E-state index contributed by atoms with van der Waals surface area (Å²) in [6.07, 6.45) is 7.10. The number of likely N-dealkylation sites (tertiary alicyclic amines) is 1. The first-order valence-electron chi connectivity index (χ1n) is 9.41. The van der Waals surface area contributed by atoms with Crippen molar-refractivity contribution in [3.05, 3.63) is 12.2 Å². The van der Waals surface area contributed by atoms with E-state index in [1.807, 2.05) is 32.7 Å². The molecule has 1 saturated heterocycles. The van der Waals surface area contributed by atoms with Crippen molar-refractivity contribution in [3.63, 3.8) is 0 Å². The van der Waals surface area contributed by atoms with Gasteiger partial charge in [0, 0.05) is 25.7 Å². The summed E-state index contributed by atoms with van der Waals surface area (Å²) in [6.45, 7) is 7.31. The molecule has 7 heteroatoms. The quantitative estimate of drug-likeness (QED) is 0.904. The molecule has 2 aliphatic rings. The SMILES string of the molecule is Cn1ncnc1CN[C@@H]1CCC[C@H]1[C@H]1CCCN1C(=O)OC(C)(C)C. The fourth-order valence-electron chi connectivity index (χ4n) is 4.19. The molecule has 1 N–H and O–H groups in total. The lowest BCUT2D eigenvalue weighted by Crippen LogP contribution is -2.47. The van der Waals surface area contributed by atoms with E-state index >= 15 is 0 Å². The van der Waals surface area contributed by atoms with Crippen LogP contribution in [-0.2, 0) is 18.3 Å². The highest BCUT2D eigenvalue weighted by Crippen LogP contribution is 2.36. The van der Waals surface area contributed by atoms with Gasteiger partial charge in [-0.1, -0.05) is 6.42 Å². The average molecular weight is 349 g/mol. The largest absolute Gasteiger partial charge is 0.444 e. The highest BCUT2D eigenvalue weighted by molar-refractivity contribution is 5.69. The van der Waals surface area contributed by atoms with Crippen molar-refractivity contribution in [2.45, 2.75) is 77.1 Å². The van der Waals surface area contributed by atoms with Crippen LogP contribution in [0.5, 0.6) is 0 Å². The van der Waals surface area contributed by atoms with Crippen LogP contribution < -0.4 is 5.32 Å². The van der Waals surface area contributed by atoms with Crippen molar-refractivity contribution in [1.82, 2.24) is 25.0 Å². The molecule has 2 fully saturated rings. The molecule has 1 aliphatic carbocycles. The normalized spacial score (nSPS) is 27.0. The van der Waals surface area contributed by atoms with Crippen LogP contribution >= 0.6 is 0 Å². The third kappa shape index (κ3) is 4.32. The molecule has 1 saturated carbocycles. The Labute approximate surface area is 150 Å². The van der Waals surface area contributed by atoms with Crippen LogP contribution in [0, 0.1) is 5.92 Å². The first-order chi connectivity index (χ1) is 11.8. The minimum atomic E-state index is -0.442. The van der Waals surface area contributed by atoms with Crippen molar-refractivity contribution in [2.75, 3.05) is 6.54 Å². The van der Waals surface area contributed by atoms with Crippen molar-refractivity contribution in [3.8, 4) is 0 Å². The van der Waals surface area contributed by atoms with E-state index in [2.05, 4.69) is 15.4 Å². The molecule has 0 radical (unpaired) electrons. The average Bonchev–Trinajstić information content (AvgIpc) is 3.23. The summed E-state index contributed by atoms with van der Waals surface area (Å²) in [4.78, 5) is 18.8. The molecule has 7 nitrogen and oxygen atoms in total. The Balaban J connectivity index is 1.62. The zero-order chi connectivity index (χ0) is 18.0. The summed E-state index contributed by atoms with van der Waals surface area (Å²) in [5.41, 5.74) is -0.442. The van der Waals surface area contributed by atoms with Crippen LogP contribution in [0.15, 0.2) is 6.33 Å². The lowest BCUT2D eigenvalue weighted by Gasteiger charge is -2.34. The maximum Gasteiger partial charge on any atom is 0.410 e. The predicted molar refractivity (Wildman–Crippen MR) is 94.9 cm³/mol. The van der Waals surface area contributed by atoms with Gasteiger partial charge in [0.1, 0.15) is 17.8 Å². The first kappa shape index (κ1) is 18.2. The molecule has 0 bridgehead atoms. The highest BCUT2D eigenvalue weighted by atomic mass is 16.6. The molecular weight excluding hydrogens is 318 g/mol. The van der Waals surface area contributed by atoms with E-state index in [1.165, 1.54) is 12.8 Å². The second-order valence-electron chi connectivity index (χ2n) is 8.27. The van der Waals surface area contributed by atoms with Crippen molar-refractivity contribution in [2.24, 2.45) is 13.0 Å². The second-order valence-corrected chi connectivity index (χ2v) is 8.27. The Morgan fingerprint density at radius 3 is 2.80 bits per heavy atom. The van der Waals surface area contributed by atoms with E-state index in [1.54, 1.807) is 11.0 Å². The van der Waals surface area contributed by atoms with Gasteiger partial charge in [-0.3, -0.25) is 4.68 Å². The topological polar surface area (TPSA) is 72.3 Å². The van der Waals surface area contributed by atoms with Crippen LogP contribution in [-0.4, -0.2) is 50.0 Å². The van der Waals surface area contributed by atoms with Gasteiger partial charge in [-0.2, -0.15) is 5.10 Å². The van der Waals surface area contributed by atoms with Crippen LogP contribution in [0.1, 0.15) is 58.7 Å². The van der Waals surface area contributed by atoms with E-state index in [9.17, 15) is 4.79 Å². The molecule has 0 spiro atoms. The summed E-state index contributed by atoms with van der Waals surface area (Å²) in [6, 6.07) is 0.707. The molecule has 0 unspecified atom stereocenters. The molecule has 3 rings (SSSR count). The summed E-state index contributed by atoms with van der Waals surface area (Å²) in [5, 5.41) is 7.78. The number of carbonyl (C=O) groups excluding carboxylic acids is 1. The van der Waals surface area contributed by atoms with Crippen LogP contribution in [0.3, 0.4) is 0 Å². The Bertz CT molecular complexity index is 595. The van der Waals surface area contributed by atoms with Gasteiger partial charge >= 0.3 is 6.09 Å². The van der Waals surface area contributed by atoms with Gasteiger partial charge in [-0.05, 0) is 52.4 Å². The predicted octanol–water partition coefficient (Wildman–Crippen LogP) is 2.47. The number of amides is 1. The lowest BCUT2D eigenvalue weighted by molar-refractivity contribution is 0.0166. The number of nitrogens with zero attached hydrogens (tertiary/aromatic N) is 4. The molecule has 1 aromatic heterocycles. The smallest absolute Gasteiger partial charge is 0.410 e. The zero-order valence-corrected chi connectivity index (χ0v) is 15.9. The molecule has 0 aromatic carbocycles. The maximum atomic E-state index is 12.6. The fraction of sp³-hybridized carbons (Fsp3) is 0.833. The molecule has 140 valence electrons. The third-order valence-electron chi connectivity index (χ3n) is 5.32. The van der Waals surface area contributed by atoms with Crippen LogP contribution in [0.2, 0.25) is 0 Å². The summed E-state index contributed by atoms with van der Waals surface area (Å²) in [5.74, 6) is 1.43. The summed E-state index contributed by atoms with van der Waals surface area (Å²) < 4.78 is 7.43. The first-order valence-corrected chi connectivity index (χ1v) is 9.41. The number of carbonyl (C=O) groups is 1. The van der Waals surface area contributed by atoms with Gasteiger partial charge in [0.15, 0.2) is 0 Å². The van der Waals surface area contributed by atoms with Gasteiger partial charge in [-0.15, -0.1) is 0 Å². The third-order valence-corrected chi connectivity index (χ3v) is 5.32. The zero-order valence-electron chi connectivity index (χ0n) is 15.9. The molecular formula is C18H31N5O2. The minimum absolute atomic E-state index is 0.158. The molecule has 2 heterocycles. The van der Waals surface area contributed by atoms with Gasteiger partial charge < -0.3 is 15.0 Å². The monoisotopic (exact) mass is 349 g/mol. The van der Waals surface area contributed by atoms with E-state index in [0.29, 0.717) is 12.0 Å². The van der Waals surface area contributed by atoms with E-state index in [0.717, 1.165) is 38.2 Å². The summed E-state index contributed by atoms with van der Waals surface area (Å²) >= 11 is 0. The van der Waals surface area contributed by atoms with Crippen molar-refractivity contribution >= 4 is 6.09 Å².